The summed E-state index contributed by atoms with van der Waals surface area (Å²) < 4.78 is 42.0. The van der Waals surface area contributed by atoms with Gasteiger partial charge in [-0.05, 0) is 67.4 Å². The maximum absolute atomic E-state index is 14.3. The van der Waals surface area contributed by atoms with Crippen LogP contribution in [-0.2, 0) is 21.4 Å². The molecule has 0 radical (unpaired) electrons. The summed E-state index contributed by atoms with van der Waals surface area (Å²) in [7, 11) is -2.51. The fourth-order valence-corrected chi connectivity index (χ4v) is 4.63. The van der Waals surface area contributed by atoms with Gasteiger partial charge in [0.1, 0.15) is 5.82 Å². The van der Waals surface area contributed by atoms with Crippen LogP contribution >= 0.6 is 11.6 Å². The van der Waals surface area contributed by atoms with E-state index in [0.717, 1.165) is 15.4 Å². The Bertz CT molecular complexity index is 1230. The Balaban J connectivity index is 1.94. The molecular weight excluding hydrogens is 451 g/mol. The number of sulfonamides is 1. The summed E-state index contributed by atoms with van der Waals surface area (Å²) in [6, 6.07) is 17.1. The summed E-state index contributed by atoms with van der Waals surface area (Å²) in [5, 5.41) is 0.384. The number of carbonyl (C=O) groups excluding carboxylic acids is 1. The molecule has 3 aromatic rings. The normalized spacial score (nSPS) is 11.6. The highest BCUT2D eigenvalue weighted by molar-refractivity contribution is 7.89. The summed E-state index contributed by atoms with van der Waals surface area (Å²) in [4.78, 5) is 14.4. The largest absolute Gasteiger partial charge is 0.314 e. The molecule has 1 amide bonds. The second kappa shape index (κ2) is 9.81. The van der Waals surface area contributed by atoms with Crippen LogP contribution in [0.5, 0.6) is 0 Å². The van der Waals surface area contributed by atoms with Crippen molar-refractivity contribution in [1.82, 2.24) is 4.31 Å². The first-order valence-electron chi connectivity index (χ1n) is 9.92. The van der Waals surface area contributed by atoms with E-state index in [9.17, 15) is 17.6 Å². The fourth-order valence-electron chi connectivity index (χ4n) is 3.13. The molecule has 0 saturated carbocycles. The lowest BCUT2D eigenvalue weighted by Crippen LogP contribution is -2.41. The van der Waals surface area contributed by atoms with Gasteiger partial charge in [-0.15, -0.1) is 0 Å². The molecular formula is C24H24ClFN2O3S. The van der Waals surface area contributed by atoms with Crippen LogP contribution < -0.4 is 4.90 Å². The highest BCUT2D eigenvalue weighted by atomic mass is 35.5. The highest BCUT2D eigenvalue weighted by Gasteiger charge is 2.29. The molecule has 0 heterocycles. The Labute approximate surface area is 193 Å². The van der Waals surface area contributed by atoms with Gasteiger partial charge in [0.25, 0.3) is 0 Å². The number of halogens is 2. The van der Waals surface area contributed by atoms with Gasteiger partial charge in [-0.2, -0.15) is 4.31 Å². The van der Waals surface area contributed by atoms with Crippen molar-refractivity contribution in [2.24, 2.45) is 0 Å². The monoisotopic (exact) mass is 474 g/mol. The van der Waals surface area contributed by atoms with Crippen LogP contribution in [0.4, 0.5) is 10.1 Å². The van der Waals surface area contributed by atoms with Crippen LogP contribution in [0, 0.1) is 19.7 Å². The molecule has 8 heteroatoms. The minimum atomic E-state index is -4.10. The smallest absolute Gasteiger partial charge is 0.243 e. The van der Waals surface area contributed by atoms with E-state index < -0.39 is 28.3 Å². The first-order valence-corrected chi connectivity index (χ1v) is 11.7. The van der Waals surface area contributed by atoms with Crippen molar-refractivity contribution in [2.75, 3.05) is 18.5 Å². The van der Waals surface area contributed by atoms with E-state index in [0.29, 0.717) is 10.7 Å². The molecule has 3 aromatic carbocycles. The molecule has 0 aromatic heterocycles. The van der Waals surface area contributed by atoms with E-state index in [4.69, 9.17) is 11.6 Å². The average molecular weight is 475 g/mol. The lowest BCUT2D eigenvalue weighted by molar-refractivity contribution is -0.118. The zero-order chi connectivity index (χ0) is 23.5. The third kappa shape index (κ3) is 5.35. The van der Waals surface area contributed by atoms with Crippen molar-refractivity contribution >= 4 is 33.2 Å². The summed E-state index contributed by atoms with van der Waals surface area (Å²) in [5.74, 6) is -0.985. The molecule has 0 unspecified atom stereocenters. The fraction of sp³-hybridized carbons (Fsp3) is 0.208. The Morgan fingerprint density at radius 1 is 0.969 bits per heavy atom. The molecule has 0 spiro atoms. The molecule has 0 N–H and O–H groups in total. The minimum absolute atomic E-state index is 0.0279. The van der Waals surface area contributed by atoms with E-state index in [1.807, 2.05) is 26.0 Å². The SMILES string of the molecule is Cc1ccc(N(C)C(=O)CN(Cc2ccccc2F)S(=O)(=O)c2ccc(Cl)cc2)cc1C. The minimum Gasteiger partial charge on any atom is -0.314 e. The van der Waals surface area contributed by atoms with Gasteiger partial charge >= 0.3 is 0 Å². The second-order valence-electron chi connectivity index (χ2n) is 7.54. The van der Waals surface area contributed by atoms with Gasteiger partial charge in [0.2, 0.25) is 15.9 Å². The predicted molar refractivity (Wildman–Crippen MR) is 125 cm³/mol. The molecule has 0 aliphatic carbocycles. The number of anilines is 1. The third-order valence-corrected chi connectivity index (χ3v) is 7.38. The Hall–Kier alpha value is -2.74. The molecule has 0 atom stereocenters. The van der Waals surface area contributed by atoms with Crippen molar-refractivity contribution in [3.8, 4) is 0 Å². The average Bonchev–Trinajstić information content (AvgIpc) is 2.76. The molecule has 0 saturated heterocycles. The van der Waals surface area contributed by atoms with Crippen molar-refractivity contribution in [3.63, 3.8) is 0 Å². The predicted octanol–water partition coefficient (Wildman–Crippen LogP) is 4.95. The second-order valence-corrected chi connectivity index (χ2v) is 9.91. The molecule has 0 bridgehead atoms. The number of rotatable bonds is 7. The summed E-state index contributed by atoms with van der Waals surface area (Å²) in [6.45, 7) is 3.16. The first-order chi connectivity index (χ1) is 15.1. The van der Waals surface area contributed by atoms with Crippen molar-refractivity contribution in [3.05, 3.63) is 94.3 Å². The third-order valence-electron chi connectivity index (χ3n) is 5.32. The van der Waals surface area contributed by atoms with Crippen molar-refractivity contribution < 1.29 is 17.6 Å². The maximum Gasteiger partial charge on any atom is 0.243 e. The van der Waals surface area contributed by atoms with Gasteiger partial charge in [-0.25, -0.2) is 12.8 Å². The quantitative estimate of drug-likeness (QED) is 0.487. The number of hydrogen-bond acceptors (Lipinski definition) is 3. The number of carbonyl (C=O) groups is 1. The Kier molecular flexibility index (Phi) is 7.33. The number of aryl methyl sites for hydroxylation is 2. The van der Waals surface area contributed by atoms with E-state index >= 15 is 0 Å². The molecule has 5 nitrogen and oxygen atoms in total. The molecule has 0 aliphatic heterocycles. The lowest BCUT2D eigenvalue weighted by Gasteiger charge is -2.25. The maximum atomic E-state index is 14.3. The van der Waals surface area contributed by atoms with Crippen molar-refractivity contribution in [1.29, 1.82) is 0 Å². The number of amides is 1. The Morgan fingerprint density at radius 3 is 2.25 bits per heavy atom. The van der Waals surface area contributed by atoms with Gasteiger partial charge in [0, 0.05) is 29.9 Å². The number of hydrogen-bond donors (Lipinski definition) is 0. The zero-order valence-electron chi connectivity index (χ0n) is 18.0. The number of nitrogens with zero attached hydrogens (tertiary/aromatic N) is 2. The summed E-state index contributed by atoms with van der Waals surface area (Å²) in [5.41, 5.74) is 2.92. The van der Waals surface area contributed by atoms with Crippen LogP contribution in [0.2, 0.25) is 5.02 Å². The molecule has 0 aliphatic rings. The van der Waals surface area contributed by atoms with Gasteiger partial charge in [0.15, 0.2) is 0 Å². The van der Waals surface area contributed by atoms with E-state index in [-0.39, 0.29) is 17.0 Å². The summed E-state index contributed by atoms with van der Waals surface area (Å²) in [6.07, 6.45) is 0. The summed E-state index contributed by atoms with van der Waals surface area (Å²) >= 11 is 5.89. The van der Waals surface area contributed by atoms with Crippen LogP contribution in [0.1, 0.15) is 16.7 Å². The molecule has 0 fully saturated rings. The molecule has 168 valence electrons. The zero-order valence-corrected chi connectivity index (χ0v) is 19.6. The van der Waals surface area contributed by atoms with Crippen LogP contribution in [0.15, 0.2) is 71.6 Å². The number of likely N-dealkylation sites (N-methyl/N-ethyl adjacent to an activating group) is 1. The number of benzene rings is 3. The topological polar surface area (TPSA) is 57.7 Å². The van der Waals surface area contributed by atoms with Crippen LogP contribution in [-0.4, -0.2) is 32.2 Å². The van der Waals surface area contributed by atoms with Crippen LogP contribution in [0.25, 0.3) is 0 Å². The lowest BCUT2D eigenvalue weighted by atomic mass is 10.1. The first kappa shape index (κ1) is 23.9. The van der Waals surface area contributed by atoms with Gasteiger partial charge in [0.05, 0.1) is 11.4 Å². The van der Waals surface area contributed by atoms with E-state index in [1.165, 1.54) is 47.4 Å². The van der Waals surface area contributed by atoms with E-state index in [2.05, 4.69) is 0 Å². The van der Waals surface area contributed by atoms with Crippen molar-refractivity contribution in [2.45, 2.75) is 25.3 Å². The van der Waals surface area contributed by atoms with Gasteiger partial charge in [-0.1, -0.05) is 35.9 Å². The molecule has 3 rings (SSSR count). The van der Waals surface area contributed by atoms with Crippen LogP contribution in [0.3, 0.4) is 0 Å². The molecule has 32 heavy (non-hydrogen) atoms. The Morgan fingerprint density at radius 2 is 1.62 bits per heavy atom. The van der Waals surface area contributed by atoms with Gasteiger partial charge in [-0.3, -0.25) is 4.79 Å². The highest BCUT2D eigenvalue weighted by Crippen LogP contribution is 2.23. The van der Waals surface area contributed by atoms with E-state index in [1.54, 1.807) is 19.2 Å². The van der Waals surface area contributed by atoms with Gasteiger partial charge < -0.3 is 4.90 Å². The standard InChI is InChI=1S/C24H24ClFN2O3S/c1-17-8-11-21(14-18(17)2)27(3)24(29)16-28(15-19-6-4-5-7-23(19)26)32(30,31)22-12-9-20(25)10-13-22/h4-14H,15-16H2,1-3H3.